The minimum absolute atomic E-state index is 0.0219. The Hall–Kier alpha value is -5.58. The fourth-order valence-electron chi connectivity index (χ4n) is 6.83. The minimum atomic E-state index is -1.01. The topological polar surface area (TPSA) is 244 Å². The Bertz CT molecular complexity index is 2210. The van der Waals surface area contributed by atoms with E-state index in [0.29, 0.717) is 53.9 Å². The van der Waals surface area contributed by atoms with Crippen molar-refractivity contribution in [3.63, 3.8) is 0 Å². The first kappa shape index (κ1) is 40.1. The number of hydrogen-bond acceptors (Lipinski definition) is 13. The van der Waals surface area contributed by atoms with Gasteiger partial charge in [0.05, 0.1) is 61.8 Å². The van der Waals surface area contributed by atoms with E-state index in [-0.39, 0.29) is 61.2 Å². The number of nitrogens with one attached hydrogen (secondary N) is 3. The number of carbonyl (C=O) groups is 2. The third kappa shape index (κ3) is 9.26. The second kappa shape index (κ2) is 18.4. The molecule has 1 fully saturated rings. The maximum Gasteiger partial charge on any atom is 0.280 e. The number of aliphatic hydroxyl groups is 2. The van der Waals surface area contributed by atoms with E-state index in [1.807, 2.05) is 10.6 Å². The Morgan fingerprint density at radius 3 is 2.68 bits per heavy atom. The van der Waals surface area contributed by atoms with Gasteiger partial charge in [0.25, 0.3) is 11.5 Å². The van der Waals surface area contributed by atoms with Gasteiger partial charge in [0.1, 0.15) is 24.0 Å². The van der Waals surface area contributed by atoms with E-state index in [4.69, 9.17) is 14.2 Å². The highest BCUT2D eigenvalue weighted by Crippen LogP contribution is 2.39. The number of nitriles is 1. The van der Waals surface area contributed by atoms with Crippen molar-refractivity contribution in [2.75, 3.05) is 31.0 Å². The summed E-state index contributed by atoms with van der Waals surface area (Å²) in [6.07, 6.45) is 2.89. The summed E-state index contributed by atoms with van der Waals surface area (Å²) in [5.74, 6) is -0.783. The molecule has 1 aromatic carbocycles. The number of nitrogens with zero attached hydrogens (tertiary/aromatic N) is 7. The number of H-pyrrole nitrogens is 1. The number of aromatic nitrogens is 7. The molecule has 56 heavy (non-hydrogen) atoms. The van der Waals surface area contributed by atoms with E-state index in [1.165, 1.54) is 19.8 Å². The number of amides is 2. The van der Waals surface area contributed by atoms with Crippen LogP contribution < -0.4 is 16.2 Å². The molecule has 0 spiro atoms. The molecule has 0 aliphatic carbocycles. The van der Waals surface area contributed by atoms with Gasteiger partial charge in [-0.15, -0.1) is 0 Å². The number of benzene rings is 1. The first-order chi connectivity index (χ1) is 27.1. The highest BCUT2D eigenvalue weighted by Gasteiger charge is 2.39. The van der Waals surface area contributed by atoms with Crippen LogP contribution in [0.4, 0.5) is 11.8 Å². The van der Waals surface area contributed by atoms with Crippen LogP contribution in [0.3, 0.4) is 0 Å². The molecule has 5 N–H and O–H groups in total. The molecular weight excluding hydrogens is 724 g/mol. The number of rotatable bonds is 18. The van der Waals surface area contributed by atoms with Crippen LogP contribution in [0.25, 0.3) is 22.2 Å². The van der Waals surface area contributed by atoms with Crippen LogP contribution in [0.15, 0.2) is 60.0 Å². The van der Waals surface area contributed by atoms with Gasteiger partial charge in [-0.2, -0.15) is 10.2 Å². The van der Waals surface area contributed by atoms with E-state index in [2.05, 4.69) is 41.6 Å². The fourth-order valence-corrected chi connectivity index (χ4v) is 6.83. The van der Waals surface area contributed by atoms with Crippen molar-refractivity contribution in [2.24, 2.45) is 11.8 Å². The minimum Gasteiger partial charge on any atom is -0.394 e. The molecule has 0 radical (unpaired) electrons. The normalized spacial score (nSPS) is 18.6. The van der Waals surface area contributed by atoms with Crippen LogP contribution in [0.2, 0.25) is 0 Å². The van der Waals surface area contributed by atoms with Crippen LogP contribution in [-0.4, -0.2) is 101 Å². The Balaban J connectivity index is 1.12. The molecule has 4 aromatic heterocycles. The maximum absolute atomic E-state index is 12.9. The summed E-state index contributed by atoms with van der Waals surface area (Å²) < 4.78 is 21.7. The molecule has 2 unspecified atom stereocenters. The lowest BCUT2D eigenvalue weighted by molar-refractivity contribution is -0.118. The lowest BCUT2D eigenvalue weighted by atomic mass is 9.90. The van der Waals surface area contributed by atoms with Gasteiger partial charge in [-0.3, -0.25) is 24.7 Å². The van der Waals surface area contributed by atoms with Gasteiger partial charge in [0.15, 0.2) is 11.2 Å². The second-order valence-electron chi connectivity index (χ2n) is 14.0. The zero-order valence-corrected chi connectivity index (χ0v) is 31.4. The van der Waals surface area contributed by atoms with Crippen molar-refractivity contribution < 1.29 is 34.0 Å². The van der Waals surface area contributed by atoms with Crippen LogP contribution in [0.1, 0.15) is 62.5 Å². The quantitative estimate of drug-likeness (QED) is 0.0805. The van der Waals surface area contributed by atoms with E-state index in [0.717, 1.165) is 0 Å². The van der Waals surface area contributed by atoms with Crippen molar-refractivity contribution in [1.29, 1.82) is 5.26 Å². The van der Waals surface area contributed by atoms with Gasteiger partial charge < -0.3 is 38.9 Å². The van der Waals surface area contributed by atoms with Crippen LogP contribution >= 0.6 is 0 Å². The Morgan fingerprint density at radius 1 is 1.14 bits per heavy atom. The van der Waals surface area contributed by atoms with Gasteiger partial charge >= 0.3 is 0 Å². The lowest BCUT2D eigenvalue weighted by Crippen LogP contribution is -2.37. The molecule has 6 atom stereocenters. The third-order valence-corrected chi connectivity index (χ3v) is 9.91. The van der Waals surface area contributed by atoms with Gasteiger partial charge in [0, 0.05) is 37.8 Å². The molecule has 18 nitrogen and oxygen atoms in total. The number of imidazole rings is 1. The molecule has 0 bridgehead atoms. The fraction of sp³-hybridized carbons (Fsp3) is 0.474. The van der Waals surface area contributed by atoms with Crippen molar-refractivity contribution in [3.05, 3.63) is 71.2 Å². The standard InChI is InChI=1S/C38H46N10O8/c1-22(2)35(51)45-38-44-34-31(37(53)46-38)42-21-47(34)13-10-25(54-3)18-27(50)28(55-15-7-12-39)16-24-17-30(56-29(24)19-49)48-14-11-26-32(40-20-41-33(26)48)43-36(52)23-8-5-4-6-9-23/h4-6,8-9,11,14,20-22,24-25,27-30,49-50H,7,10,13,15-19H2,1-3H3,(H,40,41,43,52)(H2,44,45,46,51,53)/t24-,25-,27?,28?,29+,30+/m0/s1. The van der Waals surface area contributed by atoms with E-state index in [9.17, 15) is 29.9 Å². The number of carbonyl (C=O) groups excluding carboxylic acids is 2. The first-order valence-corrected chi connectivity index (χ1v) is 18.5. The first-order valence-electron chi connectivity index (χ1n) is 18.5. The van der Waals surface area contributed by atoms with Crippen molar-refractivity contribution in [2.45, 2.75) is 83.1 Å². The number of aromatic amines is 1. The van der Waals surface area contributed by atoms with E-state index >= 15 is 0 Å². The average Bonchev–Trinajstić information content (AvgIpc) is 3.93. The van der Waals surface area contributed by atoms with Crippen LogP contribution in [-0.2, 0) is 25.5 Å². The zero-order chi connectivity index (χ0) is 39.8. The molecule has 18 heteroatoms. The van der Waals surface area contributed by atoms with Gasteiger partial charge in [0.2, 0.25) is 11.9 Å². The lowest BCUT2D eigenvalue weighted by Gasteiger charge is -2.29. The highest BCUT2D eigenvalue weighted by molar-refractivity contribution is 6.07. The molecule has 1 aliphatic rings. The number of aliphatic hydroxyl groups excluding tert-OH is 2. The number of ether oxygens (including phenoxy) is 3. The van der Waals surface area contributed by atoms with Gasteiger partial charge in [-0.25, -0.2) is 15.0 Å². The van der Waals surface area contributed by atoms with Gasteiger partial charge in [-0.05, 0) is 43.4 Å². The van der Waals surface area contributed by atoms with E-state index in [1.54, 1.807) is 54.9 Å². The molecule has 5 heterocycles. The third-order valence-electron chi connectivity index (χ3n) is 9.91. The molecule has 296 valence electrons. The number of aryl methyl sites for hydroxylation is 1. The second-order valence-corrected chi connectivity index (χ2v) is 14.0. The number of anilines is 2. The Morgan fingerprint density at radius 2 is 1.95 bits per heavy atom. The summed E-state index contributed by atoms with van der Waals surface area (Å²) in [6, 6.07) is 12.7. The molecule has 6 rings (SSSR count). The van der Waals surface area contributed by atoms with Crippen molar-refractivity contribution >= 4 is 45.8 Å². The number of methoxy groups -OCH3 is 1. The van der Waals surface area contributed by atoms with Crippen molar-refractivity contribution in [3.8, 4) is 6.07 Å². The molecule has 2 amide bonds. The maximum atomic E-state index is 12.9. The molecular formula is C38H46N10O8. The van der Waals surface area contributed by atoms with Crippen molar-refractivity contribution in [1.82, 2.24) is 34.1 Å². The predicted octanol–water partition coefficient (Wildman–Crippen LogP) is 3.15. The zero-order valence-electron chi connectivity index (χ0n) is 31.4. The summed E-state index contributed by atoms with van der Waals surface area (Å²) in [5, 5.41) is 37.2. The molecule has 1 saturated heterocycles. The summed E-state index contributed by atoms with van der Waals surface area (Å²) in [5.41, 5.74) is 0.957. The summed E-state index contributed by atoms with van der Waals surface area (Å²) in [6.45, 7) is 3.63. The molecule has 5 aromatic rings. The summed E-state index contributed by atoms with van der Waals surface area (Å²) >= 11 is 0. The predicted molar refractivity (Wildman–Crippen MR) is 203 cm³/mol. The number of fused-ring (bicyclic) bond motifs is 2. The SMILES string of the molecule is CO[C@@H](CCn1cnc2c(=O)[nH]c(NC(=O)C(C)C)nc21)CC(O)C(C[C@H]1C[C@H](n2ccc3c(NC(=O)c4ccccc4)ncnc32)O[C@@H]1CO)OCCC#N. The summed E-state index contributed by atoms with van der Waals surface area (Å²) in [7, 11) is 1.54. The van der Waals surface area contributed by atoms with Crippen LogP contribution in [0.5, 0.6) is 0 Å². The van der Waals surface area contributed by atoms with Crippen LogP contribution in [0, 0.1) is 23.2 Å². The highest BCUT2D eigenvalue weighted by atomic mass is 16.5. The Kier molecular flexibility index (Phi) is 13.2. The average molecular weight is 771 g/mol. The molecule has 0 saturated carbocycles. The molecule has 1 aliphatic heterocycles. The number of hydrogen-bond donors (Lipinski definition) is 5. The Labute approximate surface area is 321 Å². The smallest absolute Gasteiger partial charge is 0.280 e. The van der Waals surface area contributed by atoms with Gasteiger partial charge in [-0.1, -0.05) is 32.0 Å². The largest absolute Gasteiger partial charge is 0.394 e. The summed E-state index contributed by atoms with van der Waals surface area (Å²) in [4.78, 5) is 57.7. The van der Waals surface area contributed by atoms with E-state index < -0.39 is 36.2 Å². The monoisotopic (exact) mass is 770 g/mol.